The molecular weight excluding hydrogens is 339 g/mol. The summed E-state index contributed by atoms with van der Waals surface area (Å²) < 4.78 is 0.868. The summed E-state index contributed by atoms with van der Waals surface area (Å²) in [5.74, 6) is 0.920. The minimum absolute atomic E-state index is 0.139. The molecule has 0 bridgehead atoms. The van der Waals surface area contributed by atoms with Gasteiger partial charge >= 0.3 is 0 Å². The van der Waals surface area contributed by atoms with E-state index in [0.717, 1.165) is 9.32 Å². The first-order chi connectivity index (χ1) is 7.54. The fourth-order valence-electron chi connectivity index (χ4n) is 1.34. The van der Waals surface area contributed by atoms with Gasteiger partial charge in [-0.2, -0.15) is 11.8 Å². The summed E-state index contributed by atoms with van der Waals surface area (Å²) in [7, 11) is 0. The summed E-state index contributed by atoms with van der Waals surface area (Å²) in [5.41, 5.74) is 0.729. The van der Waals surface area contributed by atoms with Crippen molar-refractivity contribution in [2.24, 2.45) is 0 Å². The van der Waals surface area contributed by atoms with Crippen LogP contribution in [0.5, 0.6) is 0 Å². The van der Waals surface area contributed by atoms with Crippen LogP contribution in [-0.2, 0) is 0 Å². The molecule has 6 heteroatoms. The van der Waals surface area contributed by atoms with Crippen LogP contribution < -0.4 is 5.32 Å². The van der Waals surface area contributed by atoms with Gasteiger partial charge in [-0.15, -0.1) is 0 Å². The molecule has 0 heterocycles. The lowest BCUT2D eigenvalue weighted by Crippen LogP contribution is -2.18. The van der Waals surface area contributed by atoms with Gasteiger partial charge in [-0.1, -0.05) is 0 Å². The zero-order valence-electron chi connectivity index (χ0n) is 9.07. The van der Waals surface area contributed by atoms with Crippen molar-refractivity contribution in [2.75, 3.05) is 17.3 Å². The summed E-state index contributed by atoms with van der Waals surface area (Å²) in [4.78, 5) is 10.5. The molecule has 1 unspecified atom stereocenters. The number of nitro benzene ring substituents is 1. The number of halogens is 1. The molecule has 1 aromatic carbocycles. The van der Waals surface area contributed by atoms with Gasteiger partial charge in [0, 0.05) is 21.4 Å². The molecule has 1 rings (SSSR count). The van der Waals surface area contributed by atoms with Crippen molar-refractivity contribution in [2.45, 2.75) is 13.0 Å². The molecule has 0 amide bonds. The molecule has 88 valence electrons. The van der Waals surface area contributed by atoms with Crippen molar-refractivity contribution in [3.05, 3.63) is 31.9 Å². The van der Waals surface area contributed by atoms with Gasteiger partial charge in [0.2, 0.25) is 0 Å². The number of nitro groups is 1. The highest BCUT2D eigenvalue weighted by atomic mass is 127. The Morgan fingerprint density at radius 2 is 2.31 bits per heavy atom. The van der Waals surface area contributed by atoms with Crippen molar-refractivity contribution >= 4 is 45.7 Å². The third kappa shape index (κ3) is 3.82. The van der Waals surface area contributed by atoms with E-state index in [1.54, 1.807) is 23.9 Å². The molecule has 0 radical (unpaired) electrons. The van der Waals surface area contributed by atoms with Gasteiger partial charge in [0.05, 0.1) is 4.92 Å². The Hall–Kier alpha value is -0.500. The second-order valence-corrected chi connectivity index (χ2v) is 5.58. The van der Waals surface area contributed by atoms with Crippen molar-refractivity contribution in [1.82, 2.24) is 0 Å². The normalized spacial score (nSPS) is 12.2. The van der Waals surface area contributed by atoms with Crippen LogP contribution in [0.25, 0.3) is 0 Å². The summed E-state index contributed by atoms with van der Waals surface area (Å²) >= 11 is 3.78. The van der Waals surface area contributed by atoms with Crippen LogP contribution in [0.2, 0.25) is 0 Å². The van der Waals surface area contributed by atoms with Crippen LogP contribution >= 0.6 is 34.4 Å². The van der Waals surface area contributed by atoms with E-state index >= 15 is 0 Å². The summed E-state index contributed by atoms with van der Waals surface area (Å²) in [5, 5.41) is 14.0. The lowest BCUT2D eigenvalue weighted by Gasteiger charge is -2.13. The molecule has 0 fully saturated rings. The maximum atomic E-state index is 10.9. The van der Waals surface area contributed by atoms with E-state index < -0.39 is 0 Å². The number of anilines is 1. The van der Waals surface area contributed by atoms with Crippen LogP contribution in [0.1, 0.15) is 6.92 Å². The molecule has 0 aromatic heterocycles. The van der Waals surface area contributed by atoms with Gasteiger partial charge in [0.15, 0.2) is 0 Å². The molecule has 0 spiro atoms. The van der Waals surface area contributed by atoms with Crippen LogP contribution in [0, 0.1) is 13.7 Å². The zero-order chi connectivity index (χ0) is 12.1. The molecule has 0 aliphatic carbocycles. The lowest BCUT2D eigenvalue weighted by molar-refractivity contribution is -0.384. The van der Waals surface area contributed by atoms with E-state index in [2.05, 4.69) is 27.9 Å². The van der Waals surface area contributed by atoms with Crippen LogP contribution in [0.3, 0.4) is 0 Å². The Bertz CT molecular complexity index is 387. The van der Waals surface area contributed by atoms with E-state index in [4.69, 9.17) is 0 Å². The maximum Gasteiger partial charge on any atom is 0.293 e. The molecule has 16 heavy (non-hydrogen) atoms. The summed E-state index contributed by atoms with van der Waals surface area (Å²) in [6.45, 7) is 2.01. The Morgan fingerprint density at radius 3 is 2.88 bits per heavy atom. The van der Waals surface area contributed by atoms with Crippen LogP contribution in [0.15, 0.2) is 18.2 Å². The molecule has 4 nitrogen and oxygen atoms in total. The van der Waals surface area contributed by atoms with Gasteiger partial charge in [-0.05, 0) is 47.9 Å². The number of hydrogen-bond acceptors (Lipinski definition) is 4. The van der Waals surface area contributed by atoms with Crippen molar-refractivity contribution < 1.29 is 4.92 Å². The average Bonchev–Trinajstić information content (AvgIpc) is 2.20. The third-order valence-corrected chi connectivity index (χ3v) is 3.48. The second kappa shape index (κ2) is 6.29. The molecule has 0 saturated heterocycles. The Morgan fingerprint density at radius 1 is 1.62 bits per heavy atom. The van der Waals surface area contributed by atoms with Gasteiger partial charge in [-0.25, -0.2) is 0 Å². The molecule has 0 aliphatic heterocycles. The average molecular weight is 352 g/mol. The zero-order valence-corrected chi connectivity index (χ0v) is 12.0. The molecule has 1 aromatic rings. The number of rotatable bonds is 5. The van der Waals surface area contributed by atoms with Crippen LogP contribution in [0.4, 0.5) is 11.4 Å². The van der Waals surface area contributed by atoms with E-state index in [9.17, 15) is 10.1 Å². The van der Waals surface area contributed by atoms with Crippen LogP contribution in [-0.4, -0.2) is 23.0 Å². The lowest BCUT2D eigenvalue weighted by atomic mass is 10.2. The Kier molecular flexibility index (Phi) is 5.33. The van der Waals surface area contributed by atoms with Crippen molar-refractivity contribution in [3.63, 3.8) is 0 Å². The topological polar surface area (TPSA) is 55.2 Å². The van der Waals surface area contributed by atoms with E-state index in [-0.39, 0.29) is 16.7 Å². The molecular formula is C10H13IN2O2S. The minimum Gasteiger partial charge on any atom is -0.376 e. The molecule has 0 aliphatic rings. The summed E-state index contributed by atoms with van der Waals surface area (Å²) in [6.07, 6.45) is 2.01. The van der Waals surface area contributed by atoms with Gasteiger partial charge in [-0.3, -0.25) is 10.1 Å². The molecule has 1 N–H and O–H groups in total. The first-order valence-electron chi connectivity index (χ1n) is 4.74. The summed E-state index contributed by atoms with van der Waals surface area (Å²) in [6, 6.07) is 5.42. The Balaban J connectivity index is 2.90. The monoisotopic (exact) mass is 352 g/mol. The highest BCUT2D eigenvalue weighted by Crippen LogP contribution is 2.27. The SMILES string of the molecule is CSCC(C)Nc1ccc(I)cc1[N+](=O)[O-]. The number of nitrogens with zero attached hydrogens (tertiary/aromatic N) is 1. The largest absolute Gasteiger partial charge is 0.376 e. The second-order valence-electron chi connectivity index (χ2n) is 3.42. The van der Waals surface area contributed by atoms with Gasteiger partial charge < -0.3 is 5.32 Å². The smallest absolute Gasteiger partial charge is 0.293 e. The van der Waals surface area contributed by atoms with Crippen molar-refractivity contribution in [3.8, 4) is 0 Å². The fourth-order valence-corrected chi connectivity index (χ4v) is 2.39. The first-order valence-corrected chi connectivity index (χ1v) is 7.21. The highest BCUT2D eigenvalue weighted by molar-refractivity contribution is 14.1. The number of benzene rings is 1. The third-order valence-electron chi connectivity index (χ3n) is 1.98. The predicted octanol–water partition coefficient (Wildman–Crippen LogP) is 3.36. The maximum absolute atomic E-state index is 10.9. The van der Waals surface area contributed by atoms with E-state index in [1.165, 1.54) is 0 Å². The van der Waals surface area contributed by atoms with Crippen molar-refractivity contribution in [1.29, 1.82) is 0 Å². The van der Waals surface area contributed by atoms with E-state index in [0.29, 0.717) is 5.69 Å². The van der Waals surface area contributed by atoms with E-state index in [1.807, 2.05) is 19.2 Å². The minimum atomic E-state index is -0.351. The number of hydrogen-bond donors (Lipinski definition) is 1. The quantitative estimate of drug-likeness (QED) is 0.502. The van der Waals surface area contributed by atoms with Gasteiger partial charge in [0.1, 0.15) is 5.69 Å². The Labute approximate surface area is 112 Å². The molecule has 1 atom stereocenters. The predicted molar refractivity (Wildman–Crippen MR) is 77.3 cm³/mol. The van der Waals surface area contributed by atoms with Gasteiger partial charge in [0.25, 0.3) is 5.69 Å². The fraction of sp³-hybridized carbons (Fsp3) is 0.400. The number of thioether (sulfide) groups is 1. The molecule has 0 saturated carbocycles. The number of nitrogens with one attached hydrogen (secondary N) is 1. The standard InChI is InChI=1S/C10H13IN2O2S/c1-7(6-16-2)12-9-4-3-8(11)5-10(9)13(14)15/h3-5,7,12H,6H2,1-2H3. The highest BCUT2D eigenvalue weighted by Gasteiger charge is 2.15. The first kappa shape index (κ1) is 13.6.